The molecule has 0 saturated heterocycles. The zero-order valence-electron chi connectivity index (χ0n) is 10.5. The van der Waals surface area contributed by atoms with E-state index in [4.69, 9.17) is 4.42 Å². The van der Waals surface area contributed by atoms with Crippen LogP contribution < -0.4 is 5.32 Å². The molecule has 2 saturated carbocycles. The van der Waals surface area contributed by atoms with Crippen molar-refractivity contribution in [3.63, 3.8) is 0 Å². The van der Waals surface area contributed by atoms with Gasteiger partial charge >= 0.3 is 5.97 Å². The molecule has 0 spiro atoms. The van der Waals surface area contributed by atoms with E-state index < -0.39 is 5.97 Å². The predicted octanol–water partition coefficient (Wildman–Crippen LogP) is 2.43. The molecule has 0 aliphatic heterocycles. The van der Waals surface area contributed by atoms with Crippen LogP contribution in [0.3, 0.4) is 0 Å². The first-order chi connectivity index (χ1) is 8.66. The molecule has 4 nitrogen and oxygen atoms in total. The van der Waals surface area contributed by atoms with Crippen LogP contribution >= 0.6 is 0 Å². The molecular formula is C14H19NO3. The number of furan rings is 1. The molecule has 98 valence electrons. The first kappa shape index (κ1) is 11.8. The summed E-state index contributed by atoms with van der Waals surface area (Å²) in [5, 5.41) is 12.9. The quantitative estimate of drug-likeness (QED) is 0.860. The number of fused-ring (bicyclic) bond motifs is 2. The fourth-order valence-corrected chi connectivity index (χ4v) is 3.79. The number of aliphatic carboxylic acids is 1. The zero-order chi connectivity index (χ0) is 12.7. The Morgan fingerprint density at radius 3 is 2.94 bits per heavy atom. The fourth-order valence-electron chi connectivity index (χ4n) is 3.79. The molecule has 5 atom stereocenters. The highest BCUT2D eigenvalue weighted by molar-refractivity contribution is 5.72. The molecule has 18 heavy (non-hydrogen) atoms. The van der Waals surface area contributed by atoms with Gasteiger partial charge in [0.1, 0.15) is 0 Å². The molecule has 1 heterocycles. The standard InChI is InChI=1S/C14H19NO3/c1-8(11-4-5-18-7-11)15-13-10-3-2-9(6-10)12(13)14(16)17/h4-5,7-10,12-13,15H,2-3,6H2,1H3,(H,16,17). The van der Waals surface area contributed by atoms with Crippen LogP contribution in [0.4, 0.5) is 0 Å². The van der Waals surface area contributed by atoms with Crippen molar-refractivity contribution in [3.05, 3.63) is 24.2 Å². The lowest BCUT2D eigenvalue weighted by atomic mass is 9.84. The van der Waals surface area contributed by atoms with Gasteiger partial charge in [0.05, 0.1) is 18.4 Å². The van der Waals surface area contributed by atoms with Crippen molar-refractivity contribution < 1.29 is 14.3 Å². The number of carboxylic acids is 1. The molecule has 1 aromatic heterocycles. The highest BCUT2D eigenvalue weighted by Gasteiger charge is 2.51. The van der Waals surface area contributed by atoms with Gasteiger partial charge in [-0.05, 0) is 44.1 Å². The Balaban J connectivity index is 1.73. The molecule has 3 rings (SSSR count). The summed E-state index contributed by atoms with van der Waals surface area (Å²) < 4.78 is 5.08. The summed E-state index contributed by atoms with van der Waals surface area (Å²) in [4.78, 5) is 11.4. The van der Waals surface area contributed by atoms with Crippen molar-refractivity contribution in [2.24, 2.45) is 17.8 Å². The highest BCUT2D eigenvalue weighted by Crippen LogP contribution is 2.49. The smallest absolute Gasteiger partial charge is 0.308 e. The highest BCUT2D eigenvalue weighted by atomic mass is 16.4. The van der Waals surface area contributed by atoms with Gasteiger partial charge in [-0.15, -0.1) is 0 Å². The zero-order valence-corrected chi connectivity index (χ0v) is 10.5. The van der Waals surface area contributed by atoms with Crippen molar-refractivity contribution in [1.29, 1.82) is 0 Å². The van der Waals surface area contributed by atoms with E-state index in [-0.39, 0.29) is 18.0 Å². The third kappa shape index (κ3) is 1.85. The van der Waals surface area contributed by atoms with Gasteiger partial charge in [-0.25, -0.2) is 0 Å². The van der Waals surface area contributed by atoms with Gasteiger partial charge in [-0.1, -0.05) is 0 Å². The molecule has 2 aliphatic rings. The second-order valence-electron chi connectivity index (χ2n) is 5.67. The van der Waals surface area contributed by atoms with Crippen molar-refractivity contribution in [3.8, 4) is 0 Å². The topological polar surface area (TPSA) is 62.5 Å². The Hall–Kier alpha value is -1.29. The van der Waals surface area contributed by atoms with Crippen molar-refractivity contribution in [2.45, 2.75) is 38.3 Å². The minimum Gasteiger partial charge on any atom is -0.481 e. The molecule has 4 heteroatoms. The molecular weight excluding hydrogens is 230 g/mol. The summed E-state index contributed by atoms with van der Waals surface area (Å²) in [6.07, 6.45) is 6.71. The lowest BCUT2D eigenvalue weighted by Gasteiger charge is -2.31. The molecule has 2 fully saturated rings. The normalized spacial score (nSPS) is 35.8. The van der Waals surface area contributed by atoms with Crippen LogP contribution in [0.25, 0.3) is 0 Å². The van der Waals surface area contributed by atoms with Crippen LogP contribution in [0.15, 0.2) is 23.0 Å². The molecule has 0 amide bonds. The maximum absolute atomic E-state index is 11.4. The van der Waals surface area contributed by atoms with Gasteiger partial charge in [0, 0.05) is 17.6 Å². The number of rotatable bonds is 4. The largest absolute Gasteiger partial charge is 0.481 e. The molecule has 0 aromatic carbocycles. The average Bonchev–Trinajstić information content (AvgIpc) is 3.05. The van der Waals surface area contributed by atoms with Crippen molar-refractivity contribution in [1.82, 2.24) is 5.32 Å². The fraction of sp³-hybridized carbons (Fsp3) is 0.643. The molecule has 5 unspecified atom stereocenters. The van der Waals surface area contributed by atoms with E-state index in [1.165, 1.54) is 6.42 Å². The monoisotopic (exact) mass is 249 g/mol. The van der Waals surface area contributed by atoms with Gasteiger partial charge in [-0.2, -0.15) is 0 Å². The van der Waals surface area contributed by atoms with E-state index in [2.05, 4.69) is 12.2 Å². The third-order valence-electron chi connectivity index (χ3n) is 4.69. The van der Waals surface area contributed by atoms with Crippen LogP contribution in [0.1, 0.15) is 37.8 Å². The van der Waals surface area contributed by atoms with E-state index in [0.717, 1.165) is 18.4 Å². The summed E-state index contributed by atoms with van der Waals surface area (Å²) in [7, 11) is 0. The van der Waals surface area contributed by atoms with E-state index in [0.29, 0.717) is 11.8 Å². The minimum absolute atomic E-state index is 0.117. The summed E-state index contributed by atoms with van der Waals surface area (Å²) in [6, 6.07) is 2.20. The van der Waals surface area contributed by atoms with Gasteiger partial charge in [0.25, 0.3) is 0 Å². The number of nitrogens with one attached hydrogen (secondary N) is 1. The lowest BCUT2D eigenvalue weighted by Crippen LogP contribution is -2.45. The Labute approximate surface area is 106 Å². The number of carboxylic acid groups (broad SMARTS) is 1. The van der Waals surface area contributed by atoms with E-state index in [9.17, 15) is 9.90 Å². The van der Waals surface area contributed by atoms with Gasteiger partial charge < -0.3 is 14.8 Å². The van der Waals surface area contributed by atoms with Gasteiger partial charge in [-0.3, -0.25) is 4.79 Å². The minimum atomic E-state index is -0.640. The molecule has 2 N–H and O–H groups in total. The average molecular weight is 249 g/mol. The second-order valence-corrected chi connectivity index (χ2v) is 5.67. The first-order valence-electron chi connectivity index (χ1n) is 6.67. The second kappa shape index (κ2) is 4.43. The van der Waals surface area contributed by atoms with Crippen LogP contribution in [0.5, 0.6) is 0 Å². The Morgan fingerprint density at radius 2 is 2.28 bits per heavy atom. The summed E-state index contributed by atoms with van der Waals surface area (Å²) in [6.45, 7) is 2.07. The Morgan fingerprint density at radius 1 is 1.50 bits per heavy atom. The van der Waals surface area contributed by atoms with E-state index in [1.807, 2.05) is 6.07 Å². The first-order valence-corrected chi connectivity index (χ1v) is 6.67. The lowest BCUT2D eigenvalue weighted by molar-refractivity contribution is -0.144. The number of carbonyl (C=O) groups is 1. The maximum atomic E-state index is 11.4. The molecule has 2 aliphatic carbocycles. The summed E-state index contributed by atoms with van der Waals surface area (Å²) in [5.74, 6) is 0.0594. The van der Waals surface area contributed by atoms with Crippen LogP contribution in [-0.4, -0.2) is 17.1 Å². The van der Waals surface area contributed by atoms with E-state index >= 15 is 0 Å². The predicted molar refractivity (Wildman–Crippen MR) is 66.0 cm³/mol. The molecule has 2 bridgehead atoms. The van der Waals surface area contributed by atoms with E-state index in [1.54, 1.807) is 12.5 Å². The Kier molecular flexibility index (Phi) is 2.90. The van der Waals surface area contributed by atoms with Gasteiger partial charge in [0.15, 0.2) is 0 Å². The third-order valence-corrected chi connectivity index (χ3v) is 4.69. The maximum Gasteiger partial charge on any atom is 0.308 e. The summed E-state index contributed by atoms with van der Waals surface area (Å²) >= 11 is 0. The van der Waals surface area contributed by atoms with Crippen molar-refractivity contribution >= 4 is 5.97 Å². The summed E-state index contributed by atoms with van der Waals surface area (Å²) in [5.41, 5.74) is 1.09. The molecule has 0 radical (unpaired) electrons. The van der Waals surface area contributed by atoms with Crippen LogP contribution in [0, 0.1) is 17.8 Å². The molecule has 1 aromatic rings. The van der Waals surface area contributed by atoms with Crippen molar-refractivity contribution in [2.75, 3.05) is 0 Å². The van der Waals surface area contributed by atoms with Crippen LogP contribution in [0.2, 0.25) is 0 Å². The SMILES string of the molecule is CC(NC1C2CCC(C2)C1C(=O)O)c1ccoc1. The number of hydrogen-bond donors (Lipinski definition) is 2. The van der Waals surface area contributed by atoms with Gasteiger partial charge in [0.2, 0.25) is 0 Å². The Bertz CT molecular complexity index is 428. The van der Waals surface area contributed by atoms with Crippen LogP contribution in [-0.2, 0) is 4.79 Å². The number of hydrogen-bond acceptors (Lipinski definition) is 3.